The van der Waals surface area contributed by atoms with Crippen LogP contribution >= 0.6 is 11.8 Å². The topological polar surface area (TPSA) is 57.6 Å². The second-order valence-electron chi connectivity index (χ2n) is 6.66. The number of rotatable bonds is 5. The average molecular weight is 333 g/mol. The third-order valence-electron chi connectivity index (χ3n) is 5.06. The lowest BCUT2D eigenvalue weighted by molar-refractivity contribution is -0.156. The molecule has 3 rings (SSSR count). The third kappa shape index (κ3) is 3.25. The first-order valence-corrected chi connectivity index (χ1v) is 9.24. The predicted molar refractivity (Wildman–Crippen MR) is 91.2 cm³/mol. The number of aryl methyl sites for hydroxylation is 1. The first-order valence-electron chi connectivity index (χ1n) is 8.25. The highest BCUT2D eigenvalue weighted by atomic mass is 32.2. The summed E-state index contributed by atoms with van der Waals surface area (Å²) in [5, 5.41) is 9.39. The number of aliphatic carboxylic acids is 1. The molecule has 2 saturated heterocycles. The molecule has 0 saturated carbocycles. The minimum Gasteiger partial charge on any atom is -0.480 e. The third-order valence-corrected chi connectivity index (χ3v) is 6.57. The van der Waals surface area contributed by atoms with Crippen LogP contribution in [0.3, 0.4) is 0 Å². The number of nitrogens with zero attached hydrogens (tertiary/aromatic N) is 1. The van der Waals surface area contributed by atoms with E-state index in [0.717, 1.165) is 32.1 Å². The first-order chi connectivity index (χ1) is 11.0. The van der Waals surface area contributed by atoms with Crippen LogP contribution in [-0.4, -0.2) is 38.5 Å². The summed E-state index contributed by atoms with van der Waals surface area (Å²) < 4.78 is 0. The largest absolute Gasteiger partial charge is 0.480 e. The summed E-state index contributed by atoms with van der Waals surface area (Å²) in [5.74, 6) is -0.343. The average Bonchev–Trinajstić information content (AvgIpc) is 2.89. The molecule has 0 bridgehead atoms. The summed E-state index contributed by atoms with van der Waals surface area (Å²) in [6.45, 7) is 2.01. The van der Waals surface area contributed by atoms with E-state index in [2.05, 4.69) is 12.1 Å². The molecule has 0 aromatic heterocycles. The van der Waals surface area contributed by atoms with Crippen LogP contribution in [-0.2, 0) is 16.0 Å². The van der Waals surface area contributed by atoms with Crippen molar-refractivity contribution in [1.82, 2.24) is 4.90 Å². The van der Waals surface area contributed by atoms with Crippen molar-refractivity contribution in [3.8, 4) is 0 Å². The fourth-order valence-corrected chi connectivity index (χ4v) is 5.15. The zero-order valence-electron chi connectivity index (χ0n) is 13.4. The number of carboxylic acids is 1. The van der Waals surface area contributed by atoms with Gasteiger partial charge >= 0.3 is 5.97 Å². The van der Waals surface area contributed by atoms with Crippen molar-refractivity contribution < 1.29 is 14.7 Å². The molecule has 4 nitrogen and oxygen atoms in total. The fraction of sp³-hybridized carbons (Fsp3) is 0.556. The van der Waals surface area contributed by atoms with Crippen molar-refractivity contribution in [2.45, 2.75) is 49.9 Å². The van der Waals surface area contributed by atoms with Gasteiger partial charge < -0.3 is 10.0 Å². The van der Waals surface area contributed by atoms with E-state index in [1.54, 1.807) is 16.7 Å². The fourth-order valence-electron chi connectivity index (χ4n) is 3.72. The van der Waals surface area contributed by atoms with Crippen molar-refractivity contribution in [1.29, 1.82) is 0 Å². The van der Waals surface area contributed by atoms with Crippen LogP contribution < -0.4 is 0 Å². The van der Waals surface area contributed by atoms with Crippen LogP contribution in [0.5, 0.6) is 0 Å². The van der Waals surface area contributed by atoms with E-state index in [1.165, 1.54) is 5.56 Å². The number of benzene rings is 1. The molecule has 2 heterocycles. The highest BCUT2D eigenvalue weighted by molar-refractivity contribution is 8.00. The van der Waals surface area contributed by atoms with E-state index in [4.69, 9.17) is 0 Å². The molecule has 1 aromatic carbocycles. The predicted octanol–water partition coefficient (Wildman–Crippen LogP) is 3.16. The molecule has 23 heavy (non-hydrogen) atoms. The van der Waals surface area contributed by atoms with Gasteiger partial charge in [0.15, 0.2) is 0 Å². The number of fused-ring (bicyclic) bond motifs is 1. The molecule has 0 aliphatic carbocycles. The molecule has 1 N–H and O–H groups in total. The lowest BCUT2D eigenvalue weighted by Gasteiger charge is -2.43. The second kappa shape index (κ2) is 6.56. The van der Waals surface area contributed by atoms with Gasteiger partial charge in [0.1, 0.15) is 6.04 Å². The van der Waals surface area contributed by atoms with Gasteiger partial charge in [-0.1, -0.05) is 30.3 Å². The van der Waals surface area contributed by atoms with E-state index < -0.39 is 12.0 Å². The van der Waals surface area contributed by atoms with E-state index in [1.807, 2.05) is 25.1 Å². The Morgan fingerprint density at radius 3 is 2.83 bits per heavy atom. The minimum atomic E-state index is -0.875. The number of carbonyl (C=O) groups excluding carboxylic acids is 1. The number of hydrogen-bond donors (Lipinski definition) is 1. The number of hydrogen-bond acceptors (Lipinski definition) is 3. The van der Waals surface area contributed by atoms with E-state index in [0.29, 0.717) is 5.75 Å². The van der Waals surface area contributed by atoms with Gasteiger partial charge in [0.2, 0.25) is 5.91 Å². The Hall–Kier alpha value is -1.49. The molecule has 5 heteroatoms. The normalized spacial score (nSPS) is 30.3. The summed E-state index contributed by atoms with van der Waals surface area (Å²) in [7, 11) is 0. The quantitative estimate of drug-likeness (QED) is 0.899. The molecular weight excluding hydrogens is 310 g/mol. The highest BCUT2D eigenvalue weighted by Gasteiger charge is 2.53. The lowest BCUT2D eigenvalue weighted by Crippen LogP contribution is -2.56. The summed E-state index contributed by atoms with van der Waals surface area (Å²) in [5.41, 5.74) is 1.29. The maximum Gasteiger partial charge on any atom is 0.327 e. The van der Waals surface area contributed by atoms with Crippen LogP contribution in [0.15, 0.2) is 30.3 Å². The summed E-state index contributed by atoms with van der Waals surface area (Å²) in [4.78, 5) is 25.6. The Kier molecular flexibility index (Phi) is 4.67. The summed E-state index contributed by atoms with van der Waals surface area (Å²) in [6.07, 6.45) is 4.55. The number of amides is 1. The molecule has 2 aliphatic rings. The molecular formula is C18H23NO3S. The van der Waals surface area contributed by atoms with Crippen molar-refractivity contribution >= 4 is 23.6 Å². The standard InChI is InChI=1S/C18H23NO3S/c1-18-11-10-14(9-5-8-13-6-3-2-4-7-13)16(20)19(18)15(12-23-18)17(21)22/h2-4,6-7,14-15H,5,8-12H2,1H3,(H,21,22). The highest BCUT2D eigenvalue weighted by Crippen LogP contribution is 2.47. The van der Waals surface area contributed by atoms with Gasteiger partial charge in [0.25, 0.3) is 0 Å². The number of piperidine rings is 1. The molecule has 1 aromatic rings. The maximum absolute atomic E-state index is 12.8. The molecule has 3 unspecified atom stereocenters. The lowest BCUT2D eigenvalue weighted by atomic mass is 9.87. The molecule has 0 radical (unpaired) electrons. The van der Waals surface area contributed by atoms with E-state index in [9.17, 15) is 14.7 Å². The van der Waals surface area contributed by atoms with Gasteiger partial charge in [0, 0.05) is 11.7 Å². The van der Waals surface area contributed by atoms with Crippen LogP contribution in [0.2, 0.25) is 0 Å². The van der Waals surface area contributed by atoms with Crippen molar-refractivity contribution in [2.75, 3.05) is 5.75 Å². The van der Waals surface area contributed by atoms with Crippen molar-refractivity contribution in [2.24, 2.45) is 5.92 Å². The summed E-state index contributed by atoms with van der Waals surface area (Å²) >= 11 is 1.62. The Morgan fingerprint density at radius 2 is 2.13 bits per heavy atom. The van der Waals surface area contributed by atoms with E-state index >= 15 is 0 Å². The monoisotopic (exact) mass is 333 g/mol. The smallest absolute Gasteiger partial charge is 0.327 e. The van der Waals surface area contributed by atoms with Gasteiger partial charge in [0.05, 0.1) is 4.87 Å². The van der Waals surface area contributed by atoms with Crippen molar-refractivity contribution in [3.05, 3.63) is 35.9 Å². The molecule has 124 valence electrons. The molecule has 0 spiro atoms. The van der Waals surface area contributed by atoms with Crippen LogP contribution in [0.4, 0.5) is 0 Å². The van der Waals surface area contributed by atoms with Crippen LogP contribution in [0.1, 0.15) is 38.2 Å². The Balaban J connectivity index is 1.61. The van der Waals surface area contributed by atoms with Gasteiger partial charge in [-0.3, -0.25) is 4.79 Å². The Bertz CT molecular complexity index is 591. The van der Waals surface area contributed by atoms with Gasteiger partial charge in [-0.15, -0.1) is 11.8 Å². The second-order valence-corrected chi connectivity index (χ2v) is 8.16. The molecule has 2 fully saturated rings. The van der Waals surface area contributed by atoms with Gasteiger partial charge in [-0.05, 0) is 44.6 Å². The zero-order chi connectivity index (χ0) is 16.4. The van der Waals surface area contributed by atoms with Gasteiger partial charge in [-0.25, -0.2) is 4.79 Å². The SMILES string of the molecule is CC12CCC(CCCc3ccccc3)C(=O)N1C(C(=O)O)CS2. The Labute approximate surface area is 141 Å². The number of carbonyl (C=O) groups is 2. The molecule has 3 atom stereocenters. The zero-order valence-corrected chi connectivity index (χ0v) is 14.2. The maximum atomic E-state index is 12.8. The van der Waals surface area contributed by atoms with Crippen LogP contribution in [0, 0.1) is 5.92 Å². The first kappa shape index (κ1) is 16.4. The molecule has 1 amide bonds. The van der Waals surface area contributed by atoms with Crippen LogP contribution in [0.25, 0.3) is 0 Å². The van der Waals surface area contributed by atoms with Crippen molar-refractivity contribution in [3.63, 3.8) is 0 Å². The minimum absolute atomic E-state index is 0.0210. The Morgan fingerprint density at radius 1 is 1.39 bits per heavy atom. The van der Waals surface area contributed by atoms with E-state index in [-0.39, 0.29) is 16.7 Å². The number of carboxylic acid groups (broad SMARTS) is 1. The molecule has 2 aliphatic heterocycles. The van der Waals surface area contributed by atoms with Gasteiger partial charge in [-0.2, -0.15) is 0 Å². The number of thioether (sulfide) groups is 1. The summed E-state index contributed by atoms with van der Waals surface area (Å²) in [6, 6.07) is 9.63.